The molecule has 1 saturated heterocycles. The molecule has 0 amide bonds. The van der Waals surface area contributed by atoms with Crippen molar-refractivity contribution in [2.75, 3.05) is 31.6 Å². The van der Waals surface area contributed by atoms with Gasteiger partial charge in [0, 0.05) is 41.4 Å². The van der Waals surface area contributed by atoms with Gasteiger partial charge in [0.05, 0.1) is 0 Å². The second kappa shape index (κ2) is 6.20. The average Bonchev–Trinajstić information content (AvgIpc) is 2.40. The first-order valence-electron chi connectivity index (χ1n) is 6.96. The number of carbonyl (C=O) groups is 1. The quantitative estimate of drug-likeness (QED) is 0.849. The molecular weight excluding hydrogens is 332 g/mol. The number of carboxylic acid groups (broad SMARTS) is 1. The van der Waals surface area contributed by atoms with Crippen molar-refractivity contribution in [3.05, 3.63) is 34.3 Å². The van der Waals surface area contributed by atoms with E-state index in [0.29, 0.717) is 0 Å². The van der Waals surface area contributed by atoms with Gasteiger partial charge in [-0.3, -0.25) is 4.90 Å². The number of hydrogen-bond acceptors (Lipinski definition) is 3. The lowest BCUT2D eigenvalue weighted by molar-refractivity contribution is -0.131. The summed E-state index contributed by atoms with van der Waals surface area (Å²) >= 11 is 3.52. The maximum Gasteiger partial charge on any atom is 0.328 e. The van der Waals surface area contributed by atoms with Crippen LogP contribution >= 0.6 is 15.9 Å². The van der Waals surface area contributed by atoms with Crippen molar-refractivity contribution < 1.29 is 9.90 Å². The highest BCUT2D eigenvalue weighted by atomic mass is 79.9. The number of piperazine rings is 1. The number of halogens is 1. The summed E-state index contributed by atoms with van der Waals surface area (Å²) < 4.78 is 0.911. The summed E-state index contributed by atoms with van der Waals surface area (Å²) in [6.45, 7) is 7.50. The Morgan fingerprint density at radius 2 is 2.10 bits per heavy atom. The van der Waals surface area contributed by atoms with Gasteiger partial charge in [0.25, 0.3) is 0 Å². The van der Waals surface area contributed by atoms with Gasteiger partial charge in [0.2, 0.25) is 0 Å². The topological polar surface area (TPSA) is 43.8 Å². The Labute approximate surface area is 134 Å². The summed E-state index contributed by atoms with van der Waals surface area (Å²) in [5, 5.41) is 8.69. The maximum absolute atomic E-state index is 10.6. The van der Waals surface area contributed by atoms with E-state index in [1.165, 1.54) is 0 Å². The number of benzene rings is 1. The minimum absolute atomic E-state index is 0.145. The van der Waals surface area contributed by atoms with E-state index < -0.39 is 5.97 Å². The van der Waals surface area contributed by atoms with E-state index in [-0.39, 0.29) is 5.54 Å². The third-order valence-corrected chi connectivity index (χ3v) is 4.76. The molecule has 1 aromatic rings. The fraction of sp³-hybridized carbons (Fsp3) is 0.438. The zero-order valence-corrected chi connectivity index (χ0v) is 14.2. The Balaban J connectivity index is 2.19. The maximum atomic E-state index is 10.6. The van der Waals surface area contributed by atoms with E-state index >= 15 is 0 Å². The summed E-state index contributed by atoms with van der Waals surface area (Å²) in [6.07, 6.45) is 2.75. The lowest BCUT2D eigenvalue weighted by Gasteiger charge is -2.46. The zero-order chi connectivity index (χ0) is 15.6. The van der Waals surface area contributed by atoms with Crippen LogP contribution < -0.4 is 4.90 Å². The second-order valence-electron chi connectivity index (χ2n) is 6.03. The molecule has 1 aromatic carbocycles. The minimum Gasteiger partial charge on any atom is -0.478 e. The van der Waals surface area contributed by atoms with Gasteiger partial charge >= 0.3 is 5.97 Å². The molecule has 0 atom stereocenters. The van der Waals surface area contributed by atoms with E-state index in [9.17, 15) is 4.79 Å². The van der Waals surface area contributed by atoms with Crippen LogP contribution in [0.5, 0.6) is 0 Å². The summed E-state index contributed by atoms with van der Waals surface area (Å²) in [7, 11) is 2.16. The van der Waals surface area contributed by atoms with E-state index in [0.717, 1.165) is 41.4 Å². The van der Waals surface area contributed by atoms with Crippen molar-refractivity contribution in [1.82, 2.24) is 4.90 Å². The van der Waals surface area contributed by atoms with Gasteiger partial charge in [-0.05, 0) is 44.7 Å². The molecule has 2 rings (SSSR count). The Morgan fingerprint density at radius 3 is 2.67 bits per heavy atom. The SMILES string of the molecule is CN1CCN(c2ccc(/C=C/C(=O)O)c(Br)c2)CC1(C)C. The van der Waals surface area contributed by atoms with Crippen LogP contribution in [0.25, 0.3) is 6.08 Å². The number of carboxylic acids is 1. The monoisotopic (exact) mass is 352 g/mol. The van der Waals surface area contributed by atoms with Gasteiger partial charge in [-0.1, -0.05) is 22.0 Å². The number of anilines is 1. The fourth-order valence-electron chi connectivity index (χ4n) is 2.47. The molecular formula is C16H21BrN2O2. The molecule has 21 heavy (non-hydrogen) atoms. The van der Waals surface area contributed by atoms with Gasteiger partial charge < -0.3 is 10.0 Å². The summed E-state index contributed by atoms with van der Waals surface area (Å²) in [5.74, 6) is -0.938. The predicted octanol–water partition coefficient (Wildman–Crippen LogP) is 3.08. The van der Waals surface area contributed by atoms with Crippen molar-refractivity contribution >= 4 is 33.7 Å². The van der Waals surface area contributed by atoms with Crippen LogP contribution in [0.2, 0.25) is 0 Å². The fourth-order valence-corrected chi connectivity index (χ4v) is 2.97. The van der Waals surface area contributed by atoms with E-state index in [4.69, 9.17) is 5.11 Å². The minimum atomic E-state index is -0.938. The highest BCUT2D eigenvalue weighted by Crippen LogP contribution is 2.29. The normalized spacial score (nSPS) is 19.1. The summed E-state index contributed by atoms with van der Waals surface area (Å²) in [6, 6.07) is 6.06. The molecule has 1 heterocycles. The molecule has 0 saturated carbocycles. The summed E-state index contributed by atoms with van der Waals surface area (Å²) in [5.41, 5.74) is 2.18. The Morgan fingerprint density at radius 1 is 1.38 bits per heavy atom. The first kappa shape index (κ1) is 16.0. The van der Waals surface area contributed by atoms with Crippen LogP contribution in [-0.2, 0) is 4.79 Å². The van der Waals surface area contributed by atoms with Crippen molar-refractivity contribution in [2.24, 2.45) is 0 Å². The second-order valence-corrected chi connectivity index (χ2v) is 6.89. The molecule has 0 spiro atoms. The number of rotatable bonds is 3. The third-order valence-electron chi connectivity index (χ3n) is 4.07. The third kappa shape index (κ3) is 3.86. The molecule has 1 aliphatic rings. The highest BCUT2D eigenvalue weighted by molar-refractivity contribution is 9.10. The first-order chi connectivity index (χ1) is 9.79. The molecule has 1 N–H and O–H groups in total. The van der Waals surface area contributed by atoms with Gasteiger partial charge in [-0.25, -0.2) is 4.79 Å². The zero-order valence-electron chi connectivity index (χ0n) is 12.6. The summed E-state index contributed by atoms with van der Waals surface area (Å²) in [4.78, 5) is 15.3. The molecule has 0 aliphatic carbocycles. The number of likely N-dealkylation sites (N-methyl/N-ethyl adjacent to an activating group) is 1. The lowest BCUT2D eigenvalue weighted by atomic mass is 9.99. The molecule has 4 nitrogen and oxygen atoms in total. The predicted molar refractivity (Wildman–Crippen MR) is 89.7 cm³/mol. The largest absolute Gasteiger partial charge is 0.478 e. The molecule has 0 radical (unpaired) electrons. The Kier molecular flexibility index (Phi) is 4.74. The van der Waals surface area contributed by atoms with Crippen LogP contribution in [-0.4, -0.2) is 48.2 Å². The molecule has 0 bridgehead atoms. The van der Waals surface area contributed by atoms with Crippen LogP contribution in [0.3, 0.4) is 0 Å². The lowest BCUT2D eigenvalue weighted by Crippen LogP contribution is -2.57. The number of aliphatic carboxylic acids is 1. The Hall–Kier alpha value is -1.33. The van der Waals surface area contributed by atoms with Crippen molar-refractivity contribution in [3.8, 4) is 0 Å². The Bertz CT molecular complexity index is 569. The molecule has 1 aliphatic heterocycles. The van der Waals surface area contributed by atoms with Crippen molar-refractivity contribution in [3.63, 3.8) is 0 Å². The highest BCUT2D eigenvalue weighted by Gasteiger charge is 2.31. The molecule has 5 heteroatoms. The number of nitrogens with zero attached hydrogens (tertiary/aromatic N) is 2. The van der Waals surface area contributed by atoms with Crippen LogP contribution in [0.4, 0.5) is 5.69 Å². The van der Waals surface area contributed by atoms with Gasteiger partial charge in [0.15, 0.2) is 0 Å². The van der Waals surface area contributed by atoms with Crippen LogP contribution in [0.15, 0.2) is 28.7 Å². The number of hydrogen-bond donors (Lipinski definition) is 1. The van der Waals surface area contributed by atoms with Crippen LogP contribution in [0, 0.1) is 0 Å². The standard InChI is InChI=1S/C16H21BrN2O2/c1-16(2)11-19(9-8-18(16)3)13-6-4-12(14(17)10-13)5-7-15(20)21/h4-7,10H,8-9,11H2,1-3H3,(H,20,21)/b7-5+. The average molecular weight is 353 g/mol. The van der Waals surface area contributed by atoms with Crippen molar-refractivity contribution in [1.29, 1.82) is 0 Å². The van der Waals surface area contributed by atoms with E-state index in [2.05, 4.69) is 52.7 Å². The molecule has 1 fully saturated rings. The van der Waals surface area contributed by atoms with Crippen molar-refractivity contribution in [2.45, 2.75) is 19.4 Å². The van der Waals surface area contributed by atoms with E-state index in [1.807, 2.05) is 12.1 Å². The van der Waals surface area contributed by atoms with Gasteiger partial charge in [0.1, 0.15) is 0 Å². The van der Waals surface area contributed by atoms with Crippen LogP contribution in [0.1, 0.15) is 19.4 Å². The molecule has 0 unspecified atom stereocenters. The molecule has 114 valence electrons. The first-order valence-corrected chi connectivity index (χ1v) is 7.76. The van der Waals surface area contributed by atoms with Gasteiger partial charge in [-0.2, -0.15) is 0 Å². The van der Waals surface area contributed by atoms with E-state index in [1.54, 1.807) is 6.08 Å². The smallest absolute Gasteiger partial charge is 0.328 e. The molecule has 0 aromatic heterocycles. The van der Waals surface area contributed by atoms with Gasteiger partial charge in [-0.15, -0.1) is 0 Å².